The molecule has 1 aliphatic heterocycles. The summed E-state index contributed by atoms with van der Waals surface area (Å²) in [6.45, 7) is 8.50. The van der Waals surface area contributed by atoms with Crippen molar-refractivity contribution in [2.24, 2.45) is 11.3 Å². The molecule has 1 unspecified atom stereocenters. The highest BCUT2D eigenvalue weighted by molar-refractivity contribution is 5.99. The van der Waals surface area contributed by atoms with Crippen molar-refractivity contribution < 1.29 is 19.5 Å². The molecular weight excluding hydrogens is 332 g/mol. The lowest BCUT2D eigenvalue weighted by Crippen LogP contribution is -2.58. The van der Waals surface area contributed by atoms with Crippen LogP contribution in [0, 0.1) is 11.3 Å². The molecule has 1 atom stereocenters. The van der Waals surface area contributed by atoms with Crippen LogP contribution in [0.15, 0.2) is 36.5 Å². The first-order valence-electron chi connectivity index (χ1n) is 8.65. The summed E-state index contributed by atoms with van der Waals surface area (Å²) in [5, 5.41) is 11.2. The standard InChI is InChI=1S/C20H26N2O4/c1-13(2)17-18(25)21(12-16(23)24)15(14-9-7-6-8-10-14)11-22(17)19(26)20(3,4)5/h6-11,13,17H,12H2,1-5H3,(H,23,24)/p-1. The number of carboxylic acids is 1. The van der Waals surface area contributed by atoms with Crippen molar-refractivity contribution in [2.45, 2.75) is 40.7 Å². The minimum Gasteiger partial charge on any atom is -0.548 e. The number of nitrogens with zero attached hydrogens (tertiary/aromatic N) is 2. The van der Waals surface area contributed by atoms with Crippen molar-refractivity contribution in [3.05, 3.63) is 42.1 Å². The van der Waals surface area contributed by atoms with Crippen LogP contribution in [-0.4, -0.2) is 40.2 Å². The number of carbonyl (C=O) groups excluding carboxylic acids is 3. The lowest BCUT2D eigenvalue weighted by Gasteiger charge is -2.43. The summed E-state index contributed by atoms with van der Waals surface area (Å²) in [5.41, 5.74) is 0.368. The molecule has 2 rings (SSSR count). The van der Waals surface area contributed by atoms with Gasteiger partial charge in [-0.05, 0) is 11.5 Å². The molecular formula is C20H25N2O4-. The first-order valence-corrected chi connectivity index (χ1v) is 8.65. The fourth-order valence-corrected chi connectivity index (χ4v) is 2.99. The molecule has 0 aromatic heterocycles. The van der Waals surface area contributed by atoms with E-state index in [2.05, 4.69) is 0 Å². The molecule has 1 aromatic carbocycles. The molecule has 0 saturated carbocycles. The highest BCUT2D eigenvalue weighted by Crippen LogP contribution is 2.32. The van der Waals surface area contributed by atoms with Gasteiger partial charge in [0.15, 0.2) is 0 Å². The molecule has 140 valence electrons. The third-order valence-electron chi connectivity index (χ3n) is 4.24. The van der Waals surface area contributed by atoms with Gasteiger partial charge in [0, 0.05) is 11.6 Å². The summed E-state index contributed by atoms with van der Waals surface area (Å²) in [6, 6.07) is 8.21. The molecule has 26 heavy (non-hydrogen) atoms. The third-order valence-corrected chi connectivity index (χ3v) is 4.24. The number of aliphatic carboxylic acids is 1. The highest BCUT2D eigenvalue weighted by atomic mass is 16.4. The highest BCUT2D eigenvalue weighted by Gasteiger charge is 2.42. The zero-order chi connectivity index (χ0) is 19.6. The van der Waals surface area contributed by atoms with Crippen LogP contribution >= 0.6 is 0 Å². The monoisotopic (exact) mass is 357 g/mol. The summed E-state index contributed by atoms with van der Waals surface area (Å²) < 4.78 is 0. The van der Waals surface area contributed by atoms with E-state index in [0.29, 0.717) is 11.3 Å². The van der Waals surface area contributed by atoms with Gasteiger partial charge in [-0.2, -0.15) is 0 Å². The molecule has 0 aliphatic carbocycles. The zero-order valence-electron chi connectivity index (χ0n) is 15.9. The SMILES string of the molecule is CC(C)C1C(=O)N(CC(=O)[O-])C(c2ccccc2)=CN1C(=O)C(C)(C)C. The maximum Gasteiger partial charge on any atom is 0.250 e. The van der Waals surface area contributed by atoms with E-state index in [0.717, 1.165) is 0 Å². The molecule has 1 aromatic rings. The average molecular weight is 357 g/mol. The van der Waals surface area contributed by atoms with Crippen molar-refractivity contribution in [1.29, 1.82) is 0 Å². The Kier molecular flexibility index (Phi) is 5.54. The van der Waals surface area contributed by atoms with E-state index in [1.807, 2.05) is 19.9 Å². The number of amides is 2. The summed E-state index contributed by atoms with van der Waals surface area (Å²) in [5.74, 6) is -2.13. The molecule has 0 radical (unpaired) electrons. The quantitative estimate of drug-likeness (QED) is 0.817. The molecule has 2 amide bonds. The minimum absolute atomic E-state index is 0.174. The van der Waals surface area contributed by atoms with Crippen LogP contribution < -0.4 is 5.11 Å². The summed E-state index contributed by atoms with van der Waals surface area (Å²) in [6.07, 6.45) is 1.60. The Balaban J connectivity index is 2.64. The van der Waals surface area contributed by atoms with Crippen molar-refractivity contribution >= 4 is 23.5 Å². The Labute approximate surface area is 154 Å². The first kappa shape index (κ1) is 19.7. The normalized spacial score (nSPS) is 18.2. The number of rotatable bonds is 4. The number of carbonyl (C=O) groups is 3. The van der Waals surface area contributed by atoms with E-state index < -0.39 is 29.9 Å². The van der Waals surface area contributed by atoms with Crippen LogP contribution in [0.2, 0.25) is 0 Å². The third kappa shape index (κ3) is 3.95. The van der Waals surface area contributed by atoms with Gasteiger partial charge < -0.3 is 19.7 Å². The Bertz CT molecular complexity index is 732. The predicted molar refractivity (Wildman–Crippen MR) is 96.1 cm³/mol. The molecule has 1 aliphatic rings. The molecule has 0 spiro atoms. The van der Waals surface area contributed by atoms with Crippen LogP contribution in [0.3, 0.4) is 0 Å². The van der Waals surface area contributed by atoms with Gasteiger partial charge >= 0.3 is 0 Å². The second kappa shape index (κ2) is 7.32. The van der Waals surface area contributed by atoms with E-state index in [-0.39, 0.29) is 11.8 Å². The first-order chi connectivity index (χ1) is 12.0. The smallest absolute Gasteiger partial charge is 0.250 e. The van der Waals surface area contributed by atoms with E-state index in [1.54, 1.807) is 51.2 Å². The van der Waals surface area contributed by atoms with Crippen molar-refractivity contribution in [2.75, 3.05) is 6.54 Å². The van der Waals surface area contributed by atoms with Crippen molar-refractivity contribution in [1.82, 2.24) is 9.80 Å². The van der Waals surface area contributed by atoms with E-state index in [4.69, 9.17) is 0 Å². The maximum absolute atomic E-state index is 13.1. The summed E-state index contributed by atoms with van der Waals surface area (Å²) in [4.78, 5) is 40.0. The van der Waals surface area contributed by atoms with Gasteiger partial charge in [-0.25, -0.2) is 0 Å². The van der Waals surface area contributed by atoms with Crippen molar-refractivity contribution in [3.8, 4) is 0 Å². The van der Waals surface area contributed by atoms with Crippen molar-refractivity contribution in [3.63, 3.8) is 0 Å². The van der Waals surface area contributed by atoms with Gasteiger partial charge in [0.25, 0.3) is 5.91 Å². The Morgan fingerprint density at radius 1 is 1.15 bits per heavy atom. The molecule has 0 fully saturated rings. The lowest BCUT2D eigenvalue weighted by molar-refractivity contribution is -0.305. The lowest BCUT2D eigenvalue weighted by atomic mass is 9.90. The number of hydrogen-bond donors (Lipinski definition) is 0. The fourth-order valence-electron chi connectivity index (χ4n) is 2.99. The second-order valence-electron chi connectivity index (χ2n) is 7.83. The van der Waals surface area contributed by atoms with Gasteiger partial charge in [0.1, 0.15) is 6.04 Å². The van der Waals surface area contributed by atoms with Crippen LogP contribution in [-0.2, 0) is 14.4 Å². The molecule has 6 heteroatoms. The van der Waals surface area contributed by atoms with E-state index >= 15 is 0 Å². The fraction of sp³-hybridized carbons (Fsp3) is 0.450. The molecule has 1 heterocycles. The average Bonchev–Trinajstić information content (AvgIpc) is 2.54. The molecule has 0 N–H and O–H groups in total. The van der Waals surface area contributed by atoms with Crippen LogP contribution in [0.4, 0.5) is 0 Å². The van der Waals surface area contributed by atoms with Crippen LogP contribution in [0.25, 0.3) is 5.70 Å². The van der Waals surface area contributed by atoms with Crippen LogP contribution in [0.5, 0.6) is 0 Å². The van der Waals surface area contributed by atoms with Crippen LogP contribution in [0.1, 0.15) is 40.2 Å². The van der Waals surface area contributed by atoms with Gasteiger partial charge in [-0.1, -0.05) is 65.0 Å². The Morgan fingerprint density at radius 3 is 2.19 bits per heavy atom. The number of hydrogen-bond acceptors (Lipinski definition) is 4. The van der Waals surface area contributed by atoms with E-state index in [1.165, 1.54) is 9.80 Å². The van der Waals surface area contributed by atoms with Gasteiger partial charge in [-0.15, -0.1) is 0 Å². The minimum atomic E-state index is -1.35. The largest absolute Gasteiger partial charge is 0.548 e. The maximum atomic E-state index is 13.1. The van der Waals surface area contributed by atoms with Gasteiger partial charge in [-0.3, -0.25) is 9.59 Å². The topological polar surface area (TPSA) is 80.8 Å². The molecule has 0 bridgehead atoms. The number of carboxylic acid groups (broad SMARTS) is 1. The zero-order valence-corrected chi connectivity index (χ0v) is 15.9. The predicted octanol–water partition coefficient (Wildman–Crippen LogP) is 1.48. The second-order valence-corrected chi connectivity index (χ2v) is 7.83. The van der Waals surface area contributed by atoms with E-state index in [9.17, 15) is 19.5 Å². The summed E-state index contributed by atoms with van der Waals surface area (Å²) in [7, 11) is 0. The molecule has 0 saturated heterocycles. The number of benzene rings is 1. The summed E-state index contributed by atoms with van der Waals surface area (Å²) >= 11 is 0. The molecule has 6 nitrogen and oxygen atoms in total. The van der Waals surface area contributed by atoms with Gasteiger partial charge in [0.2, 0.25) is 5.91 Å². The van der Waals surface area contributed by atoms with Gasteiger partial charge in [0.05, 0.1) is 18.2 Å². The Hall–Kier alpha value is -2.63. The Morgan fingerprint density at radius 2 is 1.73 bits per heavy atom.